The van der Waals surface area contributed by atoms with Gasteiger partial charge in [-0.05, 0) is 60.4 Å². The van der Waals surface area contributed by atoms with Crippen LogP contribution < -0.4 is 10.9 Å². The summed E-state index contributed by atoms with van der Waals surface area (Å²) in [4.78, 5) is 24.8. The fourth-order valence-corrected chi connectivity index (χ4v) is 3.16. The standard InChI is InChI=1S/C24H22Cl2N4O3/c1-3-19(15-5-9-17(25)10-6-15)27-29-23(31)21-13-14-22(33-21)24(32)30-28-20(4-2)16-7-11-18(26)12-8-16/h5-14H,3-4H2,1-2H3,(H,29,31)(H,30,32)/b27-19+,28-20+. The smallest absolute Gasteiger partial charge is 0.307 e. The van der Waals surface area contributed by atoms with Crippen LogP contribution in [0.2, 0.25) is 10.0 Å². The van der Waals surface area contributed by atoms with Crippen molar-refractivity contribution in [2.24, 2.45) is 10.2 Å². The van der Waals surface area contributed by atoms with E-state index in [2.05, 4.69) is 21.1 Å². The van der Waals surface area contributed by atoms with Crippen LogP contribution in [-0.2, 0) is 0 Å². The molecule has 2 amide bonds. The van der Waals surface area contributed by atoms with Crippen LogP contribution in [0.1, 0.15) is 58.9 Å². The van der Waals surface area contributed by atoms with Gasteiger partial charge in [0, 0.05) is 10.0 Å². The summed E-state index contributed by atoms with van der Waals surface area (Å²) in [6.07, 6.45) is 1.19. The number of hydrogen-bond acceptors (Lipinski definition) is 5. The molecule has 2 N–H and O–H groups in total. The van der Waals surface area contributed by atoms with Crippen molar-refractivity contribution in [3.05, 3.63) is 93.4 Å². The molecule has 0 unspecified atom stereocenters. The second kappa shape index (κ2) is 11.4. The quantitative estimate of drug-likeness (QED) is 0.318. The third-order valence-electron chi connectivity index (χ3n) is 4.66. The molecule has 1 heterocycles. The highest BCUT2D eigenvalue weighted by Crippen LogP contribution is 2.13. The molecule has 0 atom stereocenters. The van der Waals surface area contributed by atoms with Crippen LogP contribution in [-0.4, -0.2) is 23.2 Å². The summed E-state index contributed by atoms with van der Waals surface area (Å²) in [5, 5.41) is 9.56. The minimum Gasteiger partial charge on any atom is -0.446 e. The summed E-state index contributed by atoms with van der Waals surface area (Å²) >= 11 is 11.8. The summed E-state index contributed by atoms with van der Waals surface area (Å²) in [6, 6.07) is 17.1. The number of carbonyl (C=O) groups excluding carboxylic acids is 2. The molecule has 170 valence electrons. The molecular weight excluding hydrogens is 463 g/mol. The van der Waals surface area contributed by atoms with E-state index in [-0.39, 0.29) is 11.5 Å². The third kappa shape index (κ3) is 6.54. The molecular formula is C24H22Cl2N4O3. The molecule has 1 aromatic heterocycles. The van der Waals surface area contributed by atoms with Crippen molar-refractivity contribution in [3.8, 4) is 0 Å². The number of hydrogen-bond donors (Lipinski definition) is 2. The van der Waals surface area contributed by atoms with Gasteiger partial charge in [-0.2, -0.15) is 10.2 Å². The van der Waals surface area contributed by atoms with Crippen molar-refractivity contribution < 1.29 is 14.0 Å². The SMILES string of the molecule is CC/C(=N\NC(=O)c1ccc(C(=O)N/N=C(\CC)c2ccc(Cl)cc2)o1)c1ccc(Cl)cc1. The molecule has 0 aliphatic heterocycles. The second-order valence-electron chi connectivity index (χ2n) is 6.88. The third-order valence-corrected chi connectivity index (χ3v) is 5.17. The monoisotopic (exact) mass is 484 g/mol. The van der Waals surface area contributed by atoms with Gasteiger partial charge < -0.3 is 4.42 Å². The van der Waals surface area contributed by atoms with Crippen molar-refractivity contribution in [2.75, 3.05) is 0 Å². The maximum absolute atomic E-state index is 12.4. The fraction of sp³-hybridized carbons (Fsp3) is 0.167. The van der Waals surface area contributed by atoms with Crippen LogP contribution in [0, 0.1) is 0 Å². The molecule has 2 aromatic carbocycles. The normalized spacial score (nSPS) is 11.9. The van der Waals surface area contributed by atoms with E-state index in [1.807, 2.05) is 38.1 Å². The lowest BCUT2D eigenvalue weighted by Crippen LogP contribution is -2.20. The number of amides is 2. The molecule has 3 aromatic rings. The first-order valence-electron chi connectivity index (χ1n) is 10.3. The summed E-state index contributed by atoms with van der Waals surface area (Å²) in [6.45, 7) is 3.84. The molecule has 0 spiro atoms. The Morgan fingerprint density at radius 2 is 1.06 bits per heavy atom. The Morgan fingerprint density at radius 1 is 0.697 bits per heavy atom. The van der Waals surface area contributed by atoms with E-state index in [1.54, 1.807) is 24.3 Å². The highest BCUT2D eigenvalue weighted by molar-refractivity contribution is 6.31. The number of rotatable bonds is 8. The first-order chi connectivity index (χ1) is 15.9. The van der Waals surface area contributed by atoms with Crippen LogP contribution in [0.25, 0.3) is 0 Å². The molecule has 0 fully saturated rings. The summed E-state index contributed by atoms with van der Waals surface area (Å²) in [7, 11) is 0. The first kappa shape index (κ1) is 24.2. The molecule has 0 saturated carbocycles. The number of carbonyl (C=O) groups is 2. The van der Waals surface area contributed by atoms with Crippen molar-refractivity contribution >= 4 is 46.4 Å². The van der Waals surface area contributed by atoms with Gasteiger partial charge in [0.05, 0.1) is 11.4 Å². The second-order valence-corrected chi connectivity index (χ2v) is 7.76. The molecule has 0 aliphatic carbocycles. The number of benzene rings is 2. The molecule has 0 saturated heterocycles. The van der Waals surface area contributed by atoms with E-state index in [0.29, 0.717) is 34.3 Å². The zero-order valence-corrected chi connectivity index (χ0v) is 19.6. The van der Waals surface area contributed by atoms with Gasteiger partial charge in [-0.3, -0.25) is 9.59 Å². The van der Waals surface area contributed by atoms with Crippen LogP contribution >= 0.6 is 23.2 Å². The van der Waals surface area contributed by atoms with Gasteiger partial charge in [-0.1, -0.05) is 61.3 Å². The predicted molar refractivity (Wildman–Crippen MR) is 130 cm³/mol. The van der Waals surface area contributed by atoms with Crippen LogP contribution in [0.4, 0.5) is 0 Å². The Labute approximate surface area is 201 Å². The van der Waals surface area contributed by atoms with Gasteiger partial charge in [-0.25, -0.2) is 10.9 Å². The fourth-order valence-electron chi connectivity index (χ4n) is 2.91. The summed E-state index contributed by atoms with van der Waals surface area (Å²) < 4.78 is 5.38. The van der Waals surface area contributed by atoms with E-state index in [4.69, 9.17) is 27.6 Å². The largest absolute Gasteiger partial charge is 0.446 e. The van der Waals surface area contributed by atoms with E-state index in [1.165, 1.54) is 12.1 Å². The minimum atomic E-state index is -0.576. The number of nitrogens with zero attached hydrogens (tertiary/aromatic N) is 2. The Balaban J connectivity index is 1.65. The van der Waals surface area contributed by atoms with Gasteiger partial charge in [0.15, 0.2) is 11.5 Å². The van der Waals surface area contributed by atoms with Crippen LogP contribution in [0.15, 0.2) is 75.3 Å². The van der Waals surface area contributed by atoms with Gasteiger partial charge >= 0.3 is 11.8 Å². The number of nitrogens with one attached hydrogen (secondary N) is 2. The Hall–Kier alpha value is -3.42. The van der Waals surface area contributed by atoms with Crippen molar-refractivity contribution in [1.82, 2.24) is 10.9 Å². The number of hydrazone groups is 2. The lowest BCUT2D eigenvalue weighted by Gasteiger charge is -2.05. The molecule has 0 radical (unpaired) electrons. The minimum absolute atomic E-state index is 0.0483. The average Bonchev–Trinajstić information content (AvgIpc) is 3.32. The number of furan rings is 1. The Morgan fingerprint density at radius 3 is 1.39 bits per heavy atom. The molecule has 7 nitrogen and oxygen atoms in total. The molecule has 9 heteroatoms. The average molecular weight is 485 g/mol. The molecule has 33 heavy (non-hydrogen) atoms. The maximum Gasteiger partial charge on any atom is 0.307 e. The van der Waals surface area contributed by atoms with Gasteiger partial charge in [0.25, 0.3) is 0 Å². The highest BCUT2D eigenvalue weighted by Gasteiger charge is 2.16. The van der Waals surface area contributed by atoms with Crippen molar-refractivity contribution in [3.63, 3.8) is 0 Å². The van der Waals surface area contributed by atoms with Crippen LogP contribution in [0.3, 0.4) is 0 Å². The lowest BCUT2D eigenvalue weighted by atomic mass is 10.1. The van der Waals surface area contributed by atoms with Gasteiger partial charge in [0.1, 0.15) is 0 Å². The zero-order valence-electron chi connectivity index (χ0n) is 18.1. The van der Waals surface area contributed by atoms with E-state index >= 15 is 0 Å². The van der Waals surface area contributed by atoms with Gasteiger partial charge in [-0.15, -0.1) is 0 Å². The van der Waals surface area contributed by atoms with Crippen molar-refractivity contribution in [2.45, 2.75) is 26.7 Å². The molecule has 0 aliphatic rings. The highest BCUT2D eigenvalue weighted by atomic mass is 35.5. The Kier molecular flexibility index (Phi) is 8.40. The lowest BCUT2D eigenvalue weighted by molar-refractivity contribution is 0.0902. The maximum atomic E-state index is 12.4. The zero-order chi connectivity index (χ0) is 23.8. The summed E-state index contributed by atoms with van der Waals surface area (Å²) in [5.74, 6) is -1.25. The van der Waals surface area contributed by atoms with E-state index in [0.717, 1.165) is 11.1 Å². The topological polar surface area (TPSA) is 96.1 Å². The Bertz CT molecular complexity index is 1090. The van der Waals surface area contributed by atoms with Gasteiger partial charge in [0.2, 0.25) is 0 Å². The van der Waals surface area contributed by atoms with Crippen LogP contribution in [0.5, 0.6) is 0 Å². The van der Waals surface area contributed by atoms with E-state index < -0.39 is 11.8 Å². The summed E-state index contributed by atoms with van der Waals surface area (Å²) in [5.41, 5.74) is 7.93. The molecule has 0 bridgehead atoms. The van der Waals surface area contributed by atoms with E-state index in [9.17, 15) is 9.59 Å². The first-order valence-corrected chi connectivity index (χ1v) is 11.0. The molecule has 3 rings (SSSR count). The number of halogens is 2. The predicted octanol–water partition coefficient (Wildman–Crippen LogP) is 5.67. The van der Waals surface area contributed by atoms with Crippen molar-refractivity contribution in [1.29, 1.82) is 0 Å².